The minimum absolute atomic E-state index is 0.254. The lowest BCUT2D eigenvalue weighted by molar-refractivity contribution is -0.143. The Hall–Kier alpha value is -0.390. The van der Waals surface area contributed by atoms with Gasteiger partial charge in [0.25, 0.3) is 0 Å². The van der Waals surface area contributed by atoms with E-state index in [9.17, 15) is 9.90 Å². The number of esters is 1. The molecule has 0 aliphatic rings. The van der Waals surface area contributed by atoms with E-state index in [0.29, 0.717) is 13.0 Å². The van der Waals surface area contributed by atoms with Crippen LogP contribution < -0.4 is 0 Å². The maximum atomic E-state index is 11.0. The number of ether oxygens (including phenoxy) is 1. The van der Waals surface area contributed by atoms with Gasteiger partial charge in [-0.15, -0.1) is 11.3 Å². The van der Waals surface area contributed by atoms with Gasteiger partial charge in [0.15, 0.2) is 0 Å². The third-order valence-electron chi connectivity index (χ3n) is 1.85. The zero-order chi connectivity index (χ0) is 11.3. The smallest absolute Gasteiger partial charge is 0.305 e. The van der Waals surface area contributed by atoms with E-state index >= 15 is 0 Å². The molecule has 0 saturated heterocycles. The van der Waals surface area contributed by atoms with Gasteiger partial charge < -0.3 is 9.84 Å². The fourth-order valence-corrected chi connectivity index (χ4v) is 2.58. The monoisotopic (exact) mass is 292 g/mol. The molecule has 0 bridgehead atoms. The molecule has 0 fully saturated rings. The van der Waals surface area contributed by atoms with Crippen molar-refractivity contribution in [2.24, 2.45) is 0 Å². The van der Waals surface area contributed by atoms with Crippen LogP contribution in [0.2, 0.25) is 0 Å². The van der Waals surface area contributed by atoms with Crippen molar-refractivity contribution in [3.05, 3.63) is 20.8 Å². The molecule has 1 unspecified atom stereocenters. The number of halogens is 1. The lowest BCUT2D eigenvalue weighted by atomic mass is 10.2. The van der Waals surface area contributed by atoms with Gasteiger partial charge in [0.05, 0.1) is 16.5 Å². The van der Waals surface area contributed by atoms with Crippen LogP contribution in [0.15, 0.2) is 15.9 Å². The first-order valence-electron chi connectivity index (χ1n) is 4.72. The highest BCUT2D eigenvalue weighted by Crippen LogP contribution is 2.29. The van der Waals surface area contributed by atoms with Gasteiger partial charge in [-0.2, -0.15) is 0 Å². The summed E-state index contributed by atoms with van der Waals surface area (Å²) < 4.78 is 5.76. The Morgan fingerprint density at radius 3 is 2.93 bits per heavy atom. The van der Waals surface area contributed by atoms with Crippen molar-refractivity contribution in [1.29, 1.82) is 0 Å². The normalized spacial score (nSPS) is 12.5. The molecule has 1 aromatic heterocycles. The number of rotatable bonds is 5. The average Bonchev–Trinajstić information content (AvgIpc) is 2.62. The Labute approximate surface area is 101 Å². The van der Waals surface area contributed by atoms with Crippen LogP contribution >= 0.6 is 27.3 Å². The van der Waals surface area contributed by atoms with Crippen molar-refractivity contribution in [3.8, 4) is 0 Å². The number of carbonyl (C=O) groups is 1. The second kappa shape index (κ2) is 6.25. The van der Waals surface area contributed by atoms with Crippen molar-refractivity contribution in [2.75, 3.05) is 6.61 Å². The highest BCUT2D eigenvalue weighted by molar-refractivity contribution is 9.11. The van der Waals surface area contributed by atoms with Crippen LogP contribution in [0.4, 0.5) is 0 Å². The summed E-state index contributed by atoms with van der Waals surface area (Å²) in [5, 5.41) is 9.73. The Balaban J connectivity index is 2.36. The molecule has 1 N–H and O–H groups in total. The van der Waals surface area contributed by atoms with Gasteiger partial charge in [-0.25, -0.2) is 0 Å². The highest BCUT2D eigenvalue weighted by Gasteiger charge is 2.12. The van der Waals surface area contributed by atoms with Crippen LogP contribution in [0.1, 0.15) is 30.7 Å². The lowest BCUT2D eigenvalue weighted by Crippen LogP contribution is -2.06. The summed E-state index contributed by atoms with van der Waals surface area (Å²) in [5.74, 6) is -0.257. The van der Waals surface area contributed by atoms with E-state index in [1.165, 1.54) is 11.3 Å². The summed E-state index contributed by atoms with van der Waals surface area (Å²) in [4.78, 5) is 11.9. The first-order chi connectivity index (χ1) is 7.13. The lowest BCUT2D eigenvalue weighted by Gasteiger charge is -2.07. The predicted molar refractivity (Wildman–Crippen MR) is 62.8 cm³/mol. The van der Waals surface area contributed by atoms with Gasteiger partial charge in [0, 0.05) is 11.3 Å². The van der Waals surface area contributed by atoms with Gasteiger partial charge in [0.2, 0.25) is 0 Å². The number of aliphatic hydroxyl groups is 1. The van der Waals surface area contributed by atoms with E-state index in [2.05, 4.69) is 15.9 Å². The Morgan fingerprint density at radius 2 is 2.40 bits per heavy atom. The van der Waals surface area contributed by atoms with Gasteiger partial charge >= 0.3 is 5.97 Å². The highest BCUT2D eigenvalue weighted by atomic mass is 79.9. The summed E-state index contributed by atoms with van der Waals surface area (Å²) >= 11 is 4.80. The summed E-state index contributed by atoms with van der Waals surface area (Å²) in [5.41, 5.74) is 0. The molecule has 1 aromatic rings. The van der Waals surface area contributed by atoms with E-state index in [-0.39, 0.29) is 12.4 Å². The Morgan fingerprint density at radius 1 is 1.67 bits per heavy atom. The molecular formula is C10H13BrO3S. The second-order valence-corrected chi connectivity index (χ2v) is 5.50. The first kappa shape index (κ1) is 12.7. The molecule has 0 aromatic carbocycles. The van der Waals surface area contributed by atoms with E-state index in [1.54, 1.807) is 6.92 Å². The van der Waals surface area contributed by atoms with E-state index in [1.807, 2.05) is 12.1 Å². The molecule has 0 aliphatic heterocycles. The minimum atomic E-state index is -0.578. The van der Waals surface area contributed by atoms with Crippen molar-refractivity contribution < 1.29 is 14.6 Å². The van der Waals surface area contributed by atoms with Crippen molar-refractivity contribution >= 4 is 33.2 Å². The molecule has 0 spiro atoms. The molecule has 0 saturated carbocycles. The topological polar surface area (TPSA) is 46.5 Å². The summed E-state index contributed by atoms with van der Waals surface area (Å²) in [7, 11) is 0. The van der Waals surface area contributed by atoms with E-state index in [0.717, 1.165) is 8.66 Å². The van der Waals surface area contributed by atoms with Gasteiger partial charge in [-0.3, -0.25) is 4.79 Å². The van der Waals surface area contributed by atoms with Gasteiger partial charge in [-0.1, -0.05) is 0 Å². The van der Waals surface area contributed by atoms with Crippen molar-refractivity contribution in [3.63, 3.8) is 0 Å². The fourth-order valence-electron chi connectivity index (χ4n) is 1.14. The van der Waals surface area contributed by atoms with Gasteiger partial charge in [0.1, 0.15) is 0 Å². The molecule has 5 heteroatoms. The van der Waals surface area contributed by atoms with Gasteiger partial charge in [-0.05, 0) is 41.4 Å². The number of hydrogen-bond acceptors (Lipinski definition) is 4. The Kier molecular flexibility index (Phi) is 5.28. The summed E-state index contributed by atoms with van der Waals surface area (Å²) in [6.07, 6.45) is 0.0850. The zero-order valence-electron chi connectivity index (χ0n) is 8.40. The zero-order valence-corrected chi connectivity index (χ0v) is 10.8. The molecule has 1 rings (SSSR count). The maximum Gasteiger partial charge on any atom is 0.305 e. The van der Waals surface area contributed by atoms with Crippen LogP contribution in [0.25, 0.3) is 0 Å². The van der Waals surface area contributed by atoms with Crippen LogP contribution in [0.5, 0.6) is 0 Å². The molecule has 0 amide bonds. The standard InChI is InChI=1S/C10H13BrO3S/c1-2-14-10(13)6-3-7(12)8-4-5-9(11)15-8/h4-5,7,12H,2-3,6H2,1H3. The maximum absolute atomic E-state index is 11.0. The molecule has 84 valence electrons. The Bertz CT molecular complexity index is 324. The van der Waals surface area contributed by atoms with Crippen LogP contribution in [-0.2, 0) is 9.53 Å². The molecule has 1 atom stereocenters. The number of carbonyl (C=O) groups excluding carboxylic acids is 1. The summed E-state index contributed by atoms with van der Waals surface area (Å²) in [6, 6.07) is 3.73. The molecule has 3 nitrogen and oxygen atoms in total. The van der Waals surface area contributed by atoms with Crippen LogP contribution in [0, 0.1) is 0 Å². The molecule has 0 radical (unpaired) electrons. The quantitative estimate of drug-likeness (QED) is 0.849. The van der Waals surface area contributed by atoms with Crippen LogP contribution in [0.3, 0.4) is 0 Å². The third-order valence-corrected chi connectivity index (χ3v) is 3.57. The van der Waals surface area contributed by atoms with E-state index in [4.69, 9.17) is 4.74 Å². The molecule has 1 heterocycles. The average molecular weight is 293 g/mol. The second-order valence-electron chi connectivity index (χ2n) is 3.00. The first-order valence-corrected chi connectivity index (χ1v) is 6.33. The summed E-state index contributed by atoms with van der Waals surface area (Å²) in [6.45, 7) is 2.16. The predicted octanol–water partition coefficient (Wildman–Crippen LogP) is 2.89. The molecule has 0 aliphatic carbocycles. The minimum Gasteiger partial charge on any atom is -0.466 e. The SMILES string of the molecule is CCOC(=O)CCC(O)c1ccc(Br)s1. The van der Waals surface area contributed by atoms with E-state index < -0.39 is 6.10 Å². The number of aliphatic hydroxyl groups excluding tert-OH is 1. The molecular weight excluding hydrogens is 280 g/mol. The largest absolute Gasteiger partial charge is 0.466 e. The van der Waals surface area contributed by atoms with Crippen molar-refractivity contribution in [1.82, 2.24) is 0 Å². The fraction of sp³-hybridized carbons (Fsp3) is 0.500. The number of thiophene rings is 1. The number of hydrogen-bond donors (Lipinski definition) is 1. The van der Waals surface area contributed by atoms with Crippen LogP contribution in [-0.4, -0.2) is 17.7 Å². The third kappa shape index (κ3) is 4.32. The van der Waals surface area contributed by atoms with Crippen molar-refractivity contribution in [2.45, 2.75) is 25.9 Å². The molecule has 15 heavy (non-hydrogen) atoms.